The van der Waals surface area contributed by atoms with Gasteiger partial charge in [-0.3, -0.25) is 4.79 Å². The van der Waals surface area contributed by atoms with Crippen LogP contribution in [0.2, 0.25) is 5.02 Å². The van der Waals surface area contributed by atoms with Crippen molar-refractivity contribution in [1.29, 1.82) is 0 Å². The van der Waals surface area contributed by atoms with Crippen molar-refractivity contribution < 1.29 is 17.6 Å². The Balaban J connectivity index is 2.07. The molecule has 0 aromatic heterocycles. The molecule has 0 radical (unpaired) electrons. The fourth-order valence-electron chi connectivity index (χ4n) is 2.25. The van der Waals surface area contributed by atoms with Crippen LogP contribution in [0.4, 0.5) is 10.1 Å². The lowest BCUT2D eigenvalue weighted by molar-refractivity contribution is -0.116. The van der Waals surface area contributed by atoms with Crippen molar-refractivity contribution in [2.24, 2.45) is 0 Å². The lowest BCUT2D eigenvalue weighted by atomic mass is 10.2. The summed E-state index contributed by atoms with van der Waals surface area (Å²) >= 11 is 5.83. The third-order valence-electron chi connectivity index (χ3n) is 3.59. The maximum absolute atomic E-state index is 13.3. The van der Waals surface area contributed by atoms with E-state index in [9.17, 15) is 17.6 Å². The van der Waals surface area contributed by atoms with Gasteiger partial charge in [0.25, 0.3) is 0 Å². The van der Waals surface area contributed by atoms with Crippen LogP contribution in [-0.4, -0.2) is 27.4 Å². The van der Waals surface area contributed by atoms with Gasteiger partial charge >= 0.3 is 0 Å². The number of amides is 1. The molecular weight excluding hydrogens is 367 g/mol. The lowest BCUT2D eigenvalue weighted by Gasteiger charge is -2.21. The van der Waals surface area contributed by atoms with Crippen LogP contribution in [0.3, 0.4) is 0 Å². The molecular formula is C17H18ClFN2O3S. The van der Waals surface area contributed by atoms with E-state index in [1.807, 2.05) is 0 Å². The summed E-state index contributed by atoms with van der Waals surface area (Å²) in [5, 5.41) is 0.541. The first-order chi connectivity index (χ1) is 11.7. The number of aryl methyl sites for hydroxylation is 1. The molecule has 0 bridgehead atoms. The Morgan fingerprint density at radius 3 is 2.40 bits per heavy atom. The second kappa shape index (κ2) is 7.95. The van der Waals surface area contributed by atoms with Gasteiger partial charge in [-0.15, -0.1) is 0 Å². The summed E-state index contributed by atoms with van der Waals surface area (Å²) in [6.07, 6.45) is 0. The van der Waals surface area contributed by atoms with Gasteiger partial charge in [-0.1, -0.05) is 11.6 Å². The van der Waals surface area contributed by atoms with Gasteiger partial charge in [0.1, 0.15) is 5.82 Å². The van der Waals surface area contributed by atoms with Crippen LogP contribution in [0.25, 0.3) is 0 Å². The zero-order valence-electron chi connectivity index (χ0n) is 13.8. The molecule has 0 spiro atoms. The minimum atomic E-state index is -3.79. The van der Waals surface area contributed by atoms with E-state index in [1.54, 1.807) is 24.3 Å². The van der Waals surface area contributed by atoms with E-state index in [-0.39, 0.29) is 29.5 Å². The molecule has 1 amide bonds. The summed E-state index contributed by atoms with van der Waals surface area (Å²) in [5.74, 6) is -0.691. The molecule has 0 heterocycles. The van der Waals surface area contributed by atoms with E-state index >= 15 is 0 Å². The van der Waals surface area contributed by atoms with Crippen LogP contribution in [0.1, 0.15) is 12.5 Å². The van der Waals surface area contributed by atoms with Gasteiger partial charge in [0.05, 0.1) is 4.90 Å². The Morgan fingerprint density at radius 2 is 1.84 bits per heavy atom. The molecule has 0 fully saturated rings. The first kappa shape index (κ1) is 19.4. The van der Waals surface area contributed by atoms with E-state index in [1.165, 1.54) is 30.9 Å². The number of nitrogens with zero attached hydrogens (tertiary/aromatic N) is 1. The van der Waals surface area contributed by atoms with Crippen LogP contribution in [0.5, 0.6) is 0 Å². The molecule has 0 aliphatic heterocycles. The average Bonchev–Trinajstić information content (AvgIpc) is 2.55. The van der Waals surface area contributed by atoms with Crippen LogP contribution in [0.15, 0.2) is 47.4 Å². The minimum absolute atomic E-state index is 0.0148. The van der Waals surface area contributed by atoms with E-state index in [4.69, 9.17) is 11.6 Å². The summed E-state index contributed by atoms with van der Waals surface area (Å²) in [5.41, 5.74) is 0.864. The molecule has 5 nitrogen and oxygen atoms in total. The Kier molecular flexibility index (Phi) is 6.16. The van der Waals surface area contributed by atoms with Crippen molar-refractivity contribution in [2.45, 2.75) is 18.7 Å². The summed E-state index contributed by atoms with van der Waals surface area (Å²) in [6.45, 7) is 3.05. The first-order valence-electron chi connectivity index (χ1n) is 7.50. The standard InChI is InChI=1S/C17H18ClFN2O3S/c1-12-11-16(7-8-17(12)19)25(23,24)20-9-10-21(13(2)22)15-5-3-14(18)4-6-15/h3-8,11,20H,9-10H2,1-2H3. The Hall–Kier alpha value is -1.96. The highest BCUT2D eigenvalue weighted by atomic mass is 35.5. The maximum Gasteiger partial charge on any atom is 0.240 e. The summed E-state index contributed by atoms with van der Waals surface area (Å²) in [7, 11) is -3.79. The van der Waals surface area contributed by atoms with E-state index in [0.29, 0.717) is 10.7 Å². The molecule has 2 aromatic carbocycles. The molecule has 0 unspecified atom stereocenters. The fraction of sp³-hybridized carbons (Fsp3) is 0.235. The lowest BCUT2D eigenvalue weighted by Crippen LogP contribution is -2.37. The topological polar surface area (TPSA) is 66.5 Å². The van der Waals surface area contributed by atoms with Gasteiger partial charge in [-0.25, -0.2) is 17.5 Å². The third-order valence-corrected chi connectivity index (χ3v) is 5.30. The minimum Gasteiger partial charge on any atom is -0.311 e. The Labute approximate surface area is 151 Å². The molecule has 0 saturated heterocycles. The SMILES string of the molecule is CC(=O)N(CCNS(=O)(=O)c1ccc(F)c(C)c1)c1ccc(Cl)cc1. The highest BCUT2D eigenvalue weighted by Crippen LogP contribution is 2.18. The fourth-order valence-corrected chi connectivity index (χ4v) is 3.48. The molecule has 2 rings (SSSR count). The number of carbonyl (C=O) groups is 1. The number of anilines is 1. The highest BCUT2D eigenvalue weighted by molar-refractivity contribution is 7.89. The molecule has 0 aliphatic rings. The van der Waals surface area contributed by atoms with E-state index in [2.05, 4.69) is 4.72 Å². The van der Waals surface area contributed by atoms with Crippen molar-refractivity contribution in [3.05, 3.63) is 58.9 Å². The van der Waals surface area contributed by atoms with Gasteiger partial charge < -0.3 is 4.90 Å². The van der Waals surface area contributed by atoms with Crippen LogP contribution in [-0.2, 0) is 14.8 Å². The van der Waals surface area contributed by atoms with Gasteiger partial charge in [-0.05, 0) is 55.0 Å². The number of rotatable bonds is 6. The Morgan fingerprint density at radius 1 is 1.20 bits per heavy atom. The zero-order chi connectivity index (χ0) is 18.6. The molecule has 0 saturated carbocycles. The summed E-state index contributed by atoms with van der Waals surface area (Å²) in [6, 6.07) is 10.2. The maximum atomic E-state index is 13.3. The van der Waals surface area contributed by atoms with Crippen LogP contribution >= 0.6 is 11.6 Å². The second-order valence-corrected chi connectivity index (χ2v) is 7.66. The van der Waals surface area contributed by atoms with Gasteiger partial charge in [-0.2, -0.15) is 0 Å². The number of nitrogens with one attached hydrogen (secondary N) is 1. The molecule has 134 valence electrons. The zero-order valence-corrected chi connectivity index (χ0v) is 15.4. The van der Waals surface area contributed by atoms with Crippen LogP contribution in [0, 0.1) is 12.7 Å². The summed E-state index contributed by atoms with van der Waals surface area (Å²) in [4.78, 5) is 13.2. The Bertz CT molecular complexity index is 870. The monoisotopic (exact) mass is 384 g/mol. The molecule has 25 heavy (non-hydrogen) atoms. The van der Waals surface area contributed by atoms with E-state index < -0.39 is 15.8 Å². The third kappa shape index (κ3) is 5.01. The highest BCUT2D eigenvalue weighted by Gasteiger charge is 2.17. The smallest absolute Gasteiger partial charge is 0.240 e. The molecule has 8 heteroatoms. The number of sulfonamides is 1. The number of carbonyl (C=O) groups excluding carboxylic acids is 1. The predicted molar refractivity (Wildman–Crippen MR) is 95.8 cm³/mol. The number of halogens is 2. The van der Waals surface area contributed by atoms with Crippen molar-refractivity contribution in [1.82, 2.24) is 4.72 Å². The molecule has 0 atom stereocenters. The number of hydrogen-bond donors (Lipinski definition) is 1. The van der Waals surface area contributed by atoms with Crippen molar-refractivity contribution in [2.75, 3.05) is 18.0 Å². The van der Waals surface area contributed by atoms with Gasteiger partial charge in [0.2, 0.25) is 15.9 Å². The van der Waals surface area contributed by atoms with Crippen molar-refractivity contribution in [3.63, 3.8) is 0 Å². The summed E-state index contributed by atoms with van der Waals surface area (Å²) < 4.78 is 40.2. The van der Waals surface area contributed by atoms with Crippen LogP contribution < -0.4 is 9.62 Å². The largest absolute Gasteiger partial charge is 0.311 e. The average molecular weight is 385 g/mol. The van der Waals surface area contributed by atoms with E-state index in [0.717, 1.165) is 6.07 Å². The van der Waals surface area contributed by atoms with Crippen molar-refractivity contribution in [3.8, 4) is 0 Å². The number of benzene rings is 2. The van der Waals surface area contributed by atoms with Crippen molar-refractivity contribution >= 4 is 33.2 Å². The molecule has 1 N–H and O–H groups in total. The van der Waals surface area contributed by atoms with Gasteiger partial charge in [0.15, 0.2) is 0 Å². The molecule has 0 aliphatic carbocycles. The van der Waals surface area contributed by atoms with Gasteiger partial charge in [0, 0.05) is 30.7 Å². The first-order valence-corrected chi connectivity index (χ1v) is 9.36. The quantitative estimate of drug-likeness (QED) is 0.832. The number of hydrogen-bond acceptors (Lipinski definition) is 3. The predicted octanol–water partition coefficient (Wildman–Crippen LogP) is 3.12. The normalized spacial score (nSPS) is 11.4. The molecule has 2 aromatic rings. The second-order valence-electron chi connectivity index (χ2n) is 5.46.